The lowest BCUT2D eigenvalue weighted by molar-refractivity contribution is -0.117. The van der Waals surface area contributed by atoms with Crippen molar-refractivity contribution in [2.75, 3.05) is 16.8 Å². The summed E-state index contributed by atoms with van der Waals surface area (Å²) in [4.78, 5) is 26.1. The molecule has 1 saturated heterocycles. The molecule has 4 rings (SSSR count). The van der Waals surface area contributed by atoms with Gasteiger partial charge in [-0.25, -0.2) is 0 Å². The monoisotopic (exact) mass is 320 g/mol. The van der Waals surface area contributed by atoms with Gasteiger partial charge in [0.15, 0.2) is 0 Å². The lowest BCUT2D eigenvalue weighted by Crippen LogP contribution is -2.24. The first kappa shape index (κ1) is 14.4. The van der Waals surface area contributed by atoms with E-state index in [-0.39, 0.29) is 11.8 Å². The van der Waals surface area contributed by atoms with Gasteiger partial charge in [-0.15, -0.1) is 0 Å². The van der Waals surface area contributed by atoms with E-state index >= 15 is 0 Å². The minimum absolute atomic E-state index is 0.109. The third kappa shape index (κ3) is 2.62. The standard InChI is InChI=1S/C18H16N4O2/c23-17-5-2-8-22(17)15-4-1-3-12(10-15)18(24)20-14-6-7-16-13(9-14)11-19-21-16/h1,3-4,6-7,9-11H,2,5,8H2,(H,19,21)(H,20,24). The Kier molecular flexibility index (Phi) is 3.49. The number of hydrogen-bond acceptors (Lipinski definition) is 3. The van der Waals surface area contributed by atoms with Crippen molar-refractivity contribution < 1.29 is 9.59 Å². The maximum atomic E-state index is 12.5. The summed E-state index contributed by atoms with van der Waals surface area (Å²) in [5.41, 5.74) is 2.93. The topological polar surface area (TPSA) is 78.1 Å². The van der Waals surface area contributed by atoms with Crippen molar-refractivity contribution >= 4 is 34.1 Å². The summed E-state index contributed by atoms with van der Waals surface area (Å²) in [7, 11) is 0. The Morgan fingerprint density at radius 3 is 2.96 bits per heavy atom. The van der Waals surface area contributed by atoms with Gasteiger partial charge in [0.25, 0.3) is 5.91 Å². The number of carbonyl (C=O) groups excluding carboxylic acids is 2. The SMILES string of the molecule is O=C(Nc1ccc2[nH]ncc2c1)c1cccc(N2CCCC2=O)c1. The summed E-state index contributed by atoms with van der Waals surface area (Å²) in [5, 5.41) is 10.7. The quantitative estimate of drug-likeness (QED) is 0.779. The molecule has 1 aromatic heterocycles. The molecule has 120 valence electrons. The van der Waals surface area contributed by atoms with Crippen LogP contribution in [0.15, 0.2) is 48.7 Å². The Balaban J connectivity index is 1.56. The zero-order chi connectivity index (χ0) is 16.5. The molecule has 6 heteroatoms. The number of aromatic amines is 1. The third-order valence-corrected chi connectivity index (χ3v) is 4.19. The van der Waals surface area contributed by atoms with Crippen LogP contribution in [0.2, 0.25) is 0 Å². The third-order valence-electron chi connectivity index (χ3n) is 4.19. The molecule has 1 fully saturated rings. The fourth-order valence-electron chi connectivity index (χ4n) is 2.96. The first-order valence-corrected chi connectivity index (χ1v) is 7.86. The van der Waals surface area contributed by atoms with Gasteiger partial charge >= 0.3 is 0 Å². The van der Waals surface area contributed by atoms with Crippen LogP contribution in [0, 0.1) is 0 Å². The molecule has 2 aromatic carbocycles. The molecule has 1 aliphatic heterocycles. The lowest BCUT2D eigenvalue weighted by Gasteiger charge is -2.16. The average Bonchev–Trinajstić information content (AvgIpc) is 3.23. The van der Waals surface area contributed by atoms with Crippen LogP contribution < -0.4 is 10.2 Å². The second-order valence-corrected chi connectivity index (χ2v) is 5.83. The van der Waals surface area contributed by atoms with Gasteiger partial charge in [-0.1, -0.05) is 6.07 Å². The highest BCUT2D eigenvalue weighted by atomic mass is 16.2. The van der Waals surface area contributed by atoms with E-state index in [0.29, 0.717) is 24.2 Å². The van der Waals surface area contributed by atoms with Crippen LogP contribution in [0.4, 0.5) is 11.4 Å². The highest BCUT2D eigenvalue weighted by molar-refractivity contribution is 6.06. The molecule has 0 spiro atoms. The van der Waals surface area contributed by atoms with Gasteiger partial charge in [-0.2, -0.15) is 5.10 Å². The molecule has 0 bridgehead atoms. The van der Waals surface area contributed by atoms with Crippen molar-refractivity contribution in [3.05, 3.63) is 54.2 Å². The molecule has 0 unspecified atom stereocenters. The predicted molar refractivity (Wildman–Crippen MR) is 92.1 cm³/mol. The number of H-pyrrole nitrogens is 1. The number of hydrogen-bond donors (Lipinski definition) is 2. The largest absolute Gasteiger partial charge is 0.322 e. The van der Waals surface area contributed by atoms with E-state index < -0.39 is 0 Å². The highest BCUT2D eigenvalue weighted by Gasteiger charge is 2.22. The Morgan fingerprint density at radius 1 is 1.21 bits per heavy atom. The minimum atomic E-state index is -0.202. The number of rotatable bonds is 3. The van der Waals surface area contributed by atoms with E-state index in [1.54, 1.807) is 29.3 Å². The summed E-state index contributed by atoms with van der Waals surface area (Å²) >= 11 is 0. The smallest absolute Gasteiger partial charge is 0.255 e. The van der Waals surface area contributed by atoms with Gasteiger partial charge < -0.3 is 10.2 Å². The second kappa shape index (κ2) is 5.81. The van der Waals surface area contributed by atoms with E-state index in [0.717, 1.165) is 23.0 Å². The van der Waals surface area contributed by atoms with Gasteiger partial charge in [-0.05, 0) is 42.8 Å². The summed E-state index contributed by atoms with van der Waals surface area (Å²) < 4.78 is 0. The first-order chi connectivity index (χ1) is 11.7. The van der Waals surface area contributed by atoms with Crippen LogP contribution in [0.25, 0.3) is 10.9 Å². The molecule has 6 nitrogen and oxygen atoms in total. The van der Waals surface area contributed by atoms with E-state index in [2.05, 4.69) is 15.5 Å². The average molecular weight is 320 g/mol. The summed E-state index contributed by atoms with van der Waals surface area (Å²) in [5.74, 6) is -0.0932. The number of aromatic nitrogens is 2. The van der Waals surface area contributed by atoms with Crippen molar-refractivity contribution in [3.63, 3.8) is 0 Å². The van der Waals surface area contributed by atoms with Gasteiger partial charge in [0.1, 0.15) is 0 Å². The van der Waals surface area contributed by atoms with Crippen molar-refractivity contribution in [1.29, 1.82) is 0 Å². The van der Waals surface area contributed by atoms with E-state index in [9.17, 15) is 9.59 Å². The molecule has 0 saturated carbocycles. The van der Waals surface area contributed by atoms with Gasteiger partial charge in [-0.3, -0.25) is 14.7 Å². The number of nitrogens with zero attached hydrogens (tertiary/aromatic N) is 2. The zero-order valence-electron chi connectivity index (χ0n) is 13.0. The molecule has 0 radical (unpaired) electrons. The number of fused-ring (bicyclic) bond motifs is 1. The van der Waals surface area contributed by atoms with Gasteiger partial charge in [0, 0.05) is 35.3 Å². The molecular weight excluding hydrogens is 304 g/mol. The Labute approximate surface area is 138 Å². The fourth-order valence-corrected chi connectivity index (χ4v) is 2.96. The van der Waals surface area contributed by atoms with Crippen LogP contribution in [-0.2, 0) is 4.79 Å². The zero-order valence-corrected chi connectivity index (χ0v) is 13.0. The molecule has 0 atom stereocenters. The predicted octanol–water partition coefficient (Wildman–Crippen LogP) is 2.94. The van der Waals surface area contributed by atoms with Gasteiger partial charge in [0.2, 0.25) is 5.91 Å². The number of nitrogens with one attached hydrogen (secondary N) is 2. The van der Waals surface area contributed by atoms with Crippen molar-refractivity contribution in [1.82, 2.24) is 10.2 Å². The Morgan fingerprint density at radius 2 is 2.12 bits per heavy atom. The fraction of sp³-hybridized carbons (Fsp3) is 0.167. The highest BCUT2D eigenvalue weighted by Crippen LogP contribution is 2.23. The van der Waals surface area contributed by atoms with Crippen molar-refractivity contribution in [2.45, 2.75) is 12.8 Å². The van der Waals surface area contributed by atoms with Crippen LogP contribution in [-0.4, -0.2) is 28.6 Å². The maximum Gasteiger partial charge on any atom is 0.255 e. The molecule has 2 N–H and O–H groups in total. The molecule has 24 heavy (non-hydrogen) atoms. The maximum absolute atomic E-state index is 12.5. The normalized spacial score (nSPS) is 14.3. The second-order valence-electron chi connectivity index (χ2n) is 5.83. The summed E-state index contributed by atoms with van der Waals surface area (Å²) in [6.07, 6.45) is 3.14. The van der Waals surface area contributed by atoms with Crippen molar-refractivity contribution in [2.24, 2.45) is 0 Å². The van der Waals surface area contributed by atoms with Crippen molar-refractivity contribution in [3.8, 4) is 0 Å². The number of benzene rings is 2. The van der Waals surface area contributed by atoms with E-state index in [4.69, 9.17) is 0 Å². The van der Waals surface area contributed by atoms with Crippen LogP contribution in [0.3, 0.4) is 0 Å². The molecule has 2 heterocycles. The first-order valence-electron chi connectivity index (χ1n) is 7.86. The van der Waals surface area contributed by atoms with E-state index in [1.165, 1.54) is 0 Å². The molecular formula is C18H16N4O2. The van der Waals surface area contributed by atoms with Crippen LogP contribution in [0.1, 0.15) is 23.2 Å². The molecule has 2 amide bonds. The summed E-state index contributed by atoms with van der Waals surface area (Å²) in [6, 6.07) is 12.7. The van der Waals surface area contributed by atoms with Crippen LogP contribution >= 0.6 is 0 Å². The molecule has 3 aromatic rings. The van der Waals surface area contributed by atoms with Gasteiger partial charge in [0.05, 0.1) is 11.7 Å². The lowest BCUT2D eigenvalue weighted by atomic mass is 10.1. The Hall–Kier alpha value is -3.15. The number of carbonyl (C=O) groups is 2. The number of anilines is 2. The number of amides is 2. The molecule has 1 aliphatic rings. The minimum Gasteiger partial charge on any atom is -0.322 e. The molecule has 0 aliphatic carbocycles. The van der Waals surface area contributed by atoms with Crippen LogP contribution in [0.5, 0.6) is 0 Å². The summed E-state index contributed by atoms with van der Waals surface area (Å²) in [6.45, 7) is 0.709. The van der Waals surface area contributed by atoms with E-state index in [1.807, 2.05) is 24.3 Å². The Bertz CT molecular complexity index is 931.